The standard InChI is InChI=1S/C14H16ClN3O/c1-2-6-16-14(19)18-9-7-17(8-10-18)13-5-3-4-12(15)11-13/h1,3-5,11H,6-10H2,(H,16,19). The molecule has 0 spiro atoms. The Balaban J connectivity index is 1.89. The molecule has 1 heterocycles. The van der Waals surface area contributed by atoms with Crippen molar-refractivity contribution in [2.45, 2.75) is 0 Å². The fraction of sp³-hybridized carbons (Fsp3) is 0.357. The van der Waals surface area contributed by atoms with E-state index in [9.17, 15) is 4.79 Å². The zero-order valence-corrected chi connectivity index (χ0v) is 11.4. The average molecular weight is 278 g/mol. The molecule has 5 heteroatoms. The van der Waals surface area contributed by atoms with E-state index < -0.39 is 0 Å². The van der Waals surface area contributed by atoms with Crippen LogP contribution in [-0.2, 0) is 0 Å². The first-order valence-corrected chi connectivity index (χ1v) is 6.55. The number of amides is 2. The summed E-state index contributed by atoms with van der Waals surface area (Å²) in [5.41, 5.74) is 1.09. The molecule has 1 N–H and O–H groups in total. The summed E-state index contributed by atoms with van der Waals surface area (Å²) in [6.45, 7) is 3.23. The Bertz CT molecular complexity index is 490. The maximum atomic E-state index is 11.7. The monoisotopic (exact) mass is 277 g/mol. The van der Waals surface area contributed by atoms with Crippen LogP contribution in [-0.4, -0.2) is 43.7 Å². The first-order chi connectivity index (χ1) is 9.20. The molecular weight excluding hydrogens is 262 g/mol. The van der Waals surface area contributed by atoms with Crippen molar-refractivity contribution in [2.24, 2.45) is 0 Å². The Morgan fingerprint density at radius 2 is 2.11 bits per heavy atom. The number of carbonyl (C=O) groups excluding carboxylic acids is 1. The van der Waals surface area contributed by atoms with Crippen LogP contribution in [0.4, 0.5) is 10.5 Å². The lowest BCUT2D eigenvalue weighted by Crippen LogP contribution is -2.51. The van der Waals surface area contributed by atoms with E-state index in [1.165, 1.54) is 0 Å². The third kappa shape index (κ3) is 3.55. The number of anilines is 1. The second-order valence-corrected chi connectivity index (χ2v) is 4.75. The highest BCUT2D eigenvalue weighted by Crippen LogP contribution is 2.20. The van der Waals surface area contributed by atoms with E-state index in [1.54, 1.807) is 4.90 Å². The number of nitrogens with one attached hydrogen (secondary N) is 1. The van der Waals surface area contributed by atoms with E-state index in [1.807, 2.05) is 24.3 Å². The average Bonchev–Trinajstić information content (AvgIpc) is 2.45. The fourth-order valence-electron chi connectivity index (χ4n) is 2.08. The minimum Gasteiger partial charge on any atom is -0.368 e. The van der Waals surface area contributed by atoms with Gasteiger partial charge < -0.3 is 15.1 Å². The molecule has 0 aliphatic carbocycles. The number of piperazine rings is 1. The first kappa shape index (κ1) is 13.6. The molecule has 2 amide bonds. The molecule has 1 aromatic rings. The van der Waals surface area contributed by atoms with E-state index in [0.29, 0.717) is 13.1 Å². The van der Waals surface area contributed by atoms with Crippen molar-refractivity contribution in [3.8, 4) is 12.3 Å². The molecule has 0 atom stereocenters. The number of hydrogen-bond donors (Lipinski definition) is 1. The van der Waals surface area contributed by atoms with Crippen molar-refractivity contribution in [1.82, 2.24) is 10.2 Å². The van der Waals surface area contributed by atoms with Gasteiger partial charge in [-0.3, -0.25) is 0 Å². The van der Waals surface area contributed by atoms with E-state index in [0.717, 1.165) is 23.8 Å². The van der Waals surface area contributed by atoms with E-state index >= 15 is 0 Å². The number of carbonyl (C=O) groups is 1. The fourth-order valence-corrected chi connectivity index (χ4v) is 2.26. The lowest BCUT2D eigenvalue weighted by molar-refractivity contribution is 0.195. The third-order valence-corrected chi connectivity index (χ3v) is 3.32. The van der Waals surface area contributed by atoms with Gasteiger partial charge in [-0.15, -0.1) is 6.42 Å². The van der Waals surface area contributed by atoms with Crippen molar-refractivity contribution >= 4 is 23.3 Å². The highest BCUT2D eigenvalue weighted by Gasteiger charge is 2.20. The number of urea groups is 1. The Morgan fingerprint density at radius 3 is 2.74 bits per heavy atom. The van der Waals surface area contributed by atoms with Crippen LogP contribution >= 0.6 is 11.6 Å². The SMILES string of the molecule is C#CCNC(=O)N1CCN(c2cccc(Cl)c2)CC1. The summed E-state index contributed by atoms with van der Waals surface area (Å²) in [5, 5.41) is 3.41. The van der Waals surface area contributed by atoms with Gasteiger partial charge in [0.15, 0.2) is 0 Å². The molecule has 4 nitrogen and oxygen atoms in total. The van der Waals surface area contributed by atoms with Gasteiger partial charge in [0.2, 0.25) is 0 Å². The highest BCUT2D eigenvalue weighted by atomic mass is 35.5. The van der Waals surface area contributed by atoms with Gasteiger partial charge in [0.1, 0.15) is 0 Å². The van der Waals surface area contributed by atoms with Crippen LogP contribution in [0.15, 0.2) is 24.3 Å². The lowest BCUT2D eigenvalue weighted by atomic mass is 10.2. The van der Waals surface area contributed by atoms with Crippen LogP contribution in [0, 0.1) is 12.3 Å². The van der Waals surface area contributed by atoms with E-state index in [2.05, 4.69) is 16.1 Å². The summed E-state index contributed by atoms with van der Waals surface area (Å²) >= 11 is 5.98. The molecule has 0 bridgehead atoms. The molecule has 0 radical (unpaired) electrons. The van der Waals surface area contributed by atoms with Gasteiger partial charge in [-0.1, -0.05) is 23.6 Å². The summed E-state index contributed by atoms with van der Waals surface area (Å²) in [7, 11) is 0. The van der Waals surface area contributed by atoms with E-state index in [-0.39, 0.29) is 12.6 Å². The number of halogens is 1. The number of terminal acetylenes is 1. The minimum atomic E-state index is -0.0938. The molecule has 1 saturated heterocycles. The third-order valence-electron chi connectivity index (χ3n) is 3.08. The summed E-state index contributed by atoms with van der Waals surface area (Å²) in [6, 6.07) is 7.66. The summed E-state index contributed by atoms with van der Waals surface area (Å²) < 4.78 is 0. The summed E-state index contributed by atoms with van der Waals surface area (Å²) in [5.74, 6) is 2.39. The zero-order valence-electron chi connectivity index (χ0n) is 10.6. The first-order valence-electron chi connectivity index (χ1n) is 6.17. The summed E-state index contributed by atoms with van der Waals surface area (Å²) in [4.78, 5) is 15.7. The summed E-state index contributed by atoms with van der Waals surface area (Å²) in [6.07, 6.45) is 5.11. The maximum absolute atomic E-state index is 11.7. The molecule has 1 aromatic carbocycles. The second kappa shape index (κ2) is 6.35. The number of nitrogens with zero attached hydrogens (tertiary/aromatic N) is 2. The van der Waals surface area contributed by atoms with Gasteiger partial charge >= 0.3 is 6.03 Å². The van der Waals surface area contributed by atoms with Gasteiger partial charge in [0.25, 0.3) is 0 Å². The highest BCUT2D eigenvalue weighted by molar-refractivity contribution is 6.30. The van der Waals surface area contributed by atoms with Crippen molar-refractivity contribution in [3.05, 3.63) is 29.3 Å². The maximum Gasteiger partial charge on any atom is 0.318 e. The second-order valence-electron chi connectivity index (χ2n) is 4.32. The topological polar surface area (TPSA) is 35.6 Å². The Hall–Kier alpha value is -1.86. The molecule has 1 aliphatic heterocycles. The molecule has 0 aromatic heterocycles. The predicted molar refractivity (Wildman–Crippen MR) is 77.5 cm³/mol. The van der Waals surface area contributed by atoms with E-state index in [4.69, 9.17) is 18.0 Å². The number of benzene rings is 1. The van der Waals surface area contributed by atoms with Crippen molar-refractivity contribution in [1.29, 1.82) is 0 Å². The Morgan fingerprint density at radius 1 is 1.37 bits per heavy atom. The minimum absolute atomic E-state index is 0.0938. The number of hydrogen-bond acceptors (Lipinski definition) is 2. The molecule has 0 saturated carbocycles. The molecule has 1 fully saturated rings. The quantitative estimate of drug-likeness (QED) is 0.837. The van der Waals surface area contributed by atoms with Gasteiger partial charge in [-0.05, 0) is 18.2 Å². The van der Waals surface area contributed by atoms with Crippen LogP contribution < -0.4 is 10.2 Å². The van der Waals surface area contributed by atoms with Crippen LogP contribution in [0.2, 0.25) is 5.02 Å². The molecule has 19 heavy (non-hydrogen) atoms. The molecule has 2 rings (SSSR count). The van der Waals surface area contributed by atoms with Gasteiger partial charge in [-0.2, -0.15) is 0 Å². The molecular formula is C14H16ClN3O. The van der Waals surface area contributed by atoms with Crippen molar-refractivity contribution in [2.75, 3.05) is 37.6 Å². The van der Waals surface area contributed by atoms with Crippen LogP contribution in [0.3, 0.4) is 0 Å². The molecule has 0 unspecified atom stereocenters. The largest absolute Gasteiger partial charge is 0.368 e. The number of rotatable bonds is 2. The van der Waals surface area contributed by atoms with Crippen LogP contribution in [0.25, 0.3) is 0 Å². The normalized spacial score (nSPS) is 14.9. The van der Waals surface area contributed by atoms with Gasteiger partial charge in [-0.25, -0.2) is 4.79 Å². The smallest absolute Gasteiger partial charge is 0.318 e. The van der Waals surface area contributed by atoms with Crippen molar-refractivity contribution in [3.63, 3.8) is 0 Å². The zero-order chi connectivity index (χ0) is 13.7. The molecule has 1 aliphatic rings. The Labute approximate surface area is 118 Å². The lowest BCUT2D eigenvalue weighted by Gasteiger charge is -2.36. The van der Waals surface area contributed by atoms with Gasteiger partial charge in [0.05, 0.1) is 6.54 Å². The van der Waals surface area contributed by atoms with Gasteiger partial charge in [0, 0.05) is 36.9 Å². The Kier molecular flexibility index (Phi) is 4.53. The molecule has 100 valence electrons. The predicted octanol–water partition coefficient (Wildman–Crippen LogP) is 1.80. The van der Waals surface area contributed by atoms with Crippen LogP contribution in [0.5, 0.6) is 0 Å². The van der Waals surface area contributed by atoms with Crippen molar-refractivity contribution < 1.29 is 4.79 Å². The van der Waals surface area contributed by atoms with Crippen LogP contribution in [0.1, 0.15) is 0 Å².